The van der Waals surface area contributed by atoms with E-state index in [-0.39, 0.29) is 21.5 Å². The van der Waals surface area contributed by atoms with Gasteiger partial charge in [0, 0.05) is 11.0 Å². The molecule has 0 aromatic heterocycles. The Morgan fingerprint density at radius 3 is 2.29 bits per heavy atom. The average molecular weight is 410 g/mol. The topological polar surface area (TPSA) is 72.2 Å². The van der Waals surface area contributed by atoms with Gasteiger partial charge in [0.15, 0.2) is 0 Å². The third kappa shape index (κ3) is 3.70. The second-order valence-electron chi connectivity index (χ2n) is 4.17. The molecule has 0 unspecified atom stereocenters. The van der Waals surface area contributed by atoms with Gasteiger partial charge in [0.1, 0.15) is 4.90 Å². The molecule has 0 aliphatic rings. The second kappa shape index (κ2) is 6.54. The van der Waals surface area contributed by atoms with Gasteiger partial charge in [-0.3, -0.25) is 4.72 Å². The first kappa shape index (κ1) is 16.6. The highest BCUT2D eigenvalue weighted by atomic mass is 79.9. The summed E-state index contributed by atoms with van der Waals surface area (Å²) in [5.41, 5.74) is 6.66. The fraction of sp³-hybridized carbons (Fsp3) is 0.0769. The first-order valence-electron chi connectivity index (χ1n) is 5.80. The van der Waals surface area contributed by atoms with Crippen LogP contribution in [0.4, 0.5) is 5.69 Å². The summed E-state index contributed by atoms with van der Waals surface area (Å²) >= 11 is 15.2. The summed E-state index contributed by atoms with van der Waals surface area (Å²) in [6.07, 6.45) is 0. The summed E-state index contributed by atoms with van der Waals surface area (Å²) in [5.74, 6) is 0. The minimum atomic E-state index is -3.91. The Morgan fingerprint density at radius 1 is 1.14 bits per heavy atom. The lowest BCUT2D eigenvalue weighted by atomic mass is 10.2. The smallest absolute Gasteiger partial charge is 0.264 e. The van der Waals surface area contributed by atoms with Crippen molar-refractivity contribution in [2.24, 2.45) is 5.73 Å². The first-order valence-corrected chi connectivity index (χ1v) is 8.83. The van der Waals surface area contributed by atoms with Crippen molar-refractivity contribution in [3.63, 3.8) is 0 Å². The van der Waals surface area contributed by atoms with Gasteiger partial charge in [-0.05, 0) is 23.8 Å². The zero-order valence-corrected chi connectivity index (χ0v) is 14.5. The van der Waals surface area contributed by atoms with Crippen LogP contribution in [0.2, 0.25) is 10.0 Å². The van der Waals surface area contributed by atoms with Crippen LogP contribution in [0.3, 0.4) is 0 Å². The Labute approximate surface area is 141 Å². The number of anilines is 1. The van der Waals surface area contributed by atoms with Gasteiger partial charge in [0.2, 0.25) is 0 Å². The van der Waals surface area contributed by atoms with E-state index in [0.29, 0.717) is 15.7 Å². The van der Waals surface area contributed by atoms with E-state index >= 15 is 0 Å². The van der Waals surface area contributed by atoms with E-state index in [1.807, 2.05) is 0 Å². The van der Waals surface area contributed by atoms with E-state index in [1.54, 1.807) is 24.3 Å². The van der Waals surface area contributed by atoms with Crippen molar-refractivity contribution in [2.45, 2.75) is 11.4 Å². The molecule has 0 aliphatic heterocycles. The summed E-state index contributed by atoms with van der Waals surface area (Å²) in [6, 6.07) is 9.79. The molecule has 2 aromatic rings. The fourth-order valence-electron chi connectivity index (χ4n) is 1.78. The van der Waals surface area contributed by atoms with Crippen molar-refractivity contribution in [3.8, 4) is 0 Å². The largest absolute Gasteiger partial charge is 0.326 e. The predicted molar refractivity (Wildman–Crippen MR) is 89.3 cm³/mol. The van der Waals surface area contributed by atoms with Crippen LogP contribution < -0.4 is 10.5 Å². The Balaban J connectivity index is 2.49. The molecule has 0 fully saturated rings. The molecule has 21 heavy (non-hydrogen) atoms. The molecular weight excluding hydrogens is 399 g/mol. The minimum Gasteiger partial charge on any atom is -0.326 e. The molecule has 0 amide bonds. The highest BCUT2D eigenvalue weighted by Gasteiger charge is 2.23. The van der Waals surface area contributed by atoms with Crippen LogP contribution in [0.25, 0.3) is 0 Å². The molecule has 0 saturated heterocycles. The lowest BCUT2D eigenvalue weighted by Gasteiger charge is -2.13. The molecule has 0 atom stereocenters. The van der Waals surface area contributed by atoms with Crippen LogP contribution in [0.5, 0.6) is 0 Å². The average Bonchev–Trinajstić information content (AvgIpc) is 2.37. The van der Waals surface area contributed by atoms with Gasteiger partial charge in [0.05, 0.1) is 15.7 Å². The molecule has 0 heterocycles. The third-order valence-corrected chi connectivity index (χ3v) is 5.46. The standard InChI is InChI=1S/C13H11BrCl2N2O2S/c14-9-5-10(15)13(11(16)6-9)21(19,20)18-12-4-2-1-3-8(12)7-17/h1-6,18H,7,17H2. The van der Waals surface area contributed by atoms with Crippen LogP contribution in [0.15, 0.2) is 45.8 Å². The normalized spacial score (nSPS) is 11.4. The molecule has 112 valence electrons. The number of nitrogens with one attached hydrogen (secondary N) is 1. The Kier molecular flexibility index (Phi) is 5.16. The molecule has 0 saturated carbocycles. The van der Waals surface area contributed by atoms with E-state index in [2.05, 4.69) is 20.7 Å². The number of hydrogen-bond acceptors (Lipinski definition) is 3. The lowest BCUT2D eigenvalue weighted by Crippen LogP contribution is -2.16. The van der Waals surface area contributed by atoms with E-state index in [0.717, 1.165) is 0 Å². The Hall–Kier alpha value is -0.790. The summed E-state index contributed by atoms with van der Waals surface area (Å²) in [5, 5.41) is 0.0687. The SMILES string of the molecule is NCc1ccccc1NS(=O)(=O)c1c(Cl)cc(Br)cc1Cl. The number of rotatable bonds is 4. The van der Waals surface area contributed by atoms with Gasteiger partial charge < -0.3 is 5.73 Å². The lowest BCUT2D eigenvalue weighted by molar-refractivity contribution is 0.601. The summed E-state index contributed by atoms with van der Waals surface area (Å²) < 4.78 is 28.0. The molecule has 0 spiro atoms. The summed E-state index contributed by atoms with van der Waals surface area (Å²) in [7, 11) is -3.91. The monoisotopic (exact) mass is 408 g/mol. The van der Waals surface area contributed by atoms with Gasteiger partial charge in [0.25, 0.3) is 10.0 Å². The molecule has 0 aliphatic carbocycles. The van der Waals surface area contributed by atoms with Crippen LogP contribution in [0.1, 0.15) is 5.56 Å². The van der Waals surface area contributed by atoms with Crippen LogP contribution in [0, 0.1) is 0 Å². The van der Waals surface area contributed by atoms with Crippen LogP contribution in [-0.2, 0) is 16.6 Å². The van der Waals surface area contributed by atoms with Gasteiger partial charge in [-0.1, -0.05) is 57.3 Å². The number of halogens is 3. The maximum atomic E-state index is 12.5. The van der Waals surface area contributed by atoms with Crippen molar-refractivity contribution in [1.29, 1.82) is 0 Å². The maximum Gasteiger partial charge on any atom is 0.264 e. The molecule has 0 radical (unpaired) electrons. The summed E-state index contributed by atoms with van der Waals surface area (Å²) in [4.78, 5) is -0.166. The second-order valence-corrected chi connectivity index (χ2v) is 7.51. The maximum absolute atomic E-state index is 12.5. The van der Waals surface area contributed by atoms with Crippen molar-refractivity contribution in [2.75, 3.05) is 4.72 Å². The minimum absolute atomic E-state index is 0.0344. The Morgan fingerprint density at radius 2 is 1.71 bits per heavy atom. The van der Waals surface area contributed by atoms with Crippen molar-refractivity contribution >= 4 is 54.8 Å². The summed E-state index contributed by atoms with van der Waals surface area (Å²) in [6.45, 7) is 0.209. The van der Waals surface area contributed by atoms with Gasteiger partial charge >= 0.3 is 0 Å². The molecular formula is C13H11BrCl2N2O2S. The zero-order valence-electron chi connectivity index (χ0n) is 10.6. The highest BCUT2D eigenvalue weighted by molar-refractivity contribution is 9.10. The number of sulfonamides is 1. The van der Waals surface area contributed by atoms with E-state index < -0.39 is 10.0 Å². The molecule has 4 nitrogen and oxygen atoms in total. The van der Waals surface area contributed by atoms with Crippen molar-refractivity contribution in [1.82, 2.24) is 0 Å². The molecule has 2 aromatic carbocycles. The molecule has 0 bridgehead atoms. The van der Waals surface area contributed by atoms with E-state index in [1.165, 1.54) is 12.1 Å². The quantitative estimate of drug-likeness (QED) is 0.800. The number of para-hydroxylation sites is 1. The van der Waals surface area contributed by atoms with E-state index in [9.17, 15) is 8.42 Å². The van der Waals surface area contributed by atoms with Gasteiger partial charge in [-0.2, -0.15) is 0 Å². The van der Waals surface area contributed by atoms with Crippen molar-refractivity contribution < 1.29 is 8.42 Å². The predicted octanol–water partition coefficient (Wildman–Crippen LogP) is 4.02. The van der Waals surface area contributed by atoms with Crippen molar-refractivity contribution in [3.05, 3.63) is 56.5 Å². The first-order chi connectivity index (χ1) is 9.85. The van der Waals surface area contributed by atoms with Crippen LogP contribution in [-0.4, -0.2) is 8.42 Å². The van der Waals surface area contributed by atoms with Crippen LogP contribution >= 0.6 is 39.1 Å². The number of nitrogens with two attached hydrogens (primary N) is 1. The Bertz CT molecular complexity index is 758. The fourth-order valence-corrected chi connectivity index (χ4v) is 4.82. The number of benzene rings is 2. The molecule has 8 heteroatoms. The highest BCUT2D eigenvalue weighted by Crippen LogP contribution is 2.34. The molecule has 2 rings (SSSR count). The third-order valence-electron chi connectivity index (χ3n) is 2.71. The van der Waals surface area contributed by atoms with Gasteiger partial charge in [-0.25, -0.2) is 8.42 Å². The molecule has 3 N–H and O–H groups in total. The number of hydrogen-bond donors (Lipinski definition) is 2. The zero-order chi connectivity index (χ0) is 15.6. The van der Waals surface area contributed by atoms with E-state index in [4.69, 9.17) is 28.9 Å². The van der Waals surface area contributed by atoms with Gasteiger partial charge in [-0.15, -0.1) is 0 Å².